The molecule has 2 rings (SSSR count). The van der Waals surface area contributed by atoms with E-state index in [9.17, 15) is 0 Å². The molecular formula is C10H14N4. The van der Waals surface area contributed by atoms with Gasteiger partial charge >= 0.3 is 0 Å². The molecule has 2 aromatic heterocycles. The summed E-state index contributed by atoms with van der Waals surface area (Å²) in [4.78, 5) is 11.3. The molecule has 3 N–H and O–H groups in total. The number of rotatable bonds is 0. The fourth-order valence-electron chi connectivity index (χ4n) is 1.36. The Morgan fingerprint density at radius 2 is 2.00 bits per heavy atom. The number of aromatic nitrogens is 3. The van der Waals surface area contributed by atoms with E-state index in [1.807, 2.05) is 6.07 Å². The second-order valence-electron chi connectivity index (χ2n) is 4.45. The van der Waals surface area contributed by atoms with Gasteiger partial charge in [-0.25, -0.2) is 9.97 Å². The molecule has 0 fully saturated rings. The van der Waals surface area contributed by atoms with Crippen molar-refractivity contribution in [3.05, 3.63) is 18.1 Å². The van der Waals surface area contributed by atoms with Gasteiger partial charge in [0.05, 0.1) is 5.39 Å². The van der Waals surface area contributed by atoms with Gasteiger partial charge in [0, 0.05) is 11.1 Å². The van der Waals surface area contributed by atoms with E-state index in [0.29, 0.717) is 5.82 Å². The molecule has 0 saturated heterocycles. The summed E-state index contributed by atoms with van der Waals surface area (Å²) in [6.45, 7) is 6.42. The Bertz CT molecular complexity index is 464. The molecule has 0 unspecified atom stereocenters. The van der Waals surface area contributed by atoms with Gasteiger partial charge in [0.2, 0.25) is 0 Å². The van der Waals surface area contributed by atoms with E-state index in [1.54, 1.807) is 0 Å². The highest BCUT2D eigenvalue weighted by Gasteiger charge is 2.17. The van der Waals surface area contributed by atoms with Crippen molar-refractivity contribution in [3.8, 4) is 0 Å². The van der Waals surface area contributed by atoms with Gasteiger partial charge in [-0.1, -0.05) is 20.8 Å². The molecule has 0 aliphatic rings. The molecular weight excluding hydrogens is 176 g/mol. The maximum atomic E-state index is 5.74. The Labute approximate surface area is 82.6 Å². The molecule has 0 amide bonds. The van der Waals surface area contributed by atoms with Crippen LogP contribution in [-0.2, 0) is 5.41 Å². The number of aromatic amines is 1. The predicted molar refractivity (Wildman–Crippen MR) is 57.0 cm³/mol. The summed E-state index contributed by atoms with van der Waals surface area (Å²) in [5.41, 5.74) is 7.75. The lowest BCUT2D eigenvalue weighted by Crippen LogP contribution is -2.11. The summed E-state index contributed by atoms with van der Waals surface area (Å²) in [7, 11) is 0. The maximum absolute atomic E-state index is 5.74. The van der Waals surface area contributed by atoms with Crippen LogP contribution >= 0.6 is 0 Å². The van der Waals surface area contributed by atoms with E-state index in [2.05, 4.69) is 35.7 Å². The van der Waals surface area contributed by atoms with Crippen LogP contribution in [0.4, 0.5) is 5.82 Å². The molecule has 0 bridgehead atoms. The van der Waals surface area contributed by atoms with Crippen molar-refractivity contribution in [2.24, 2.45) is 0 Å². The van der Waals surface area contributed by atoms with Gasteiger partial charge in [0.25, 0.3) is 0 Å². The van der Waals surface area contributed by atoms with Crippen molar-refractivity contribution in [3.63, 3.8) is 0 Å². The molecule has 0 atom stereocenters. The maximum Gasteiger partial charge on any atom is 0.143 e. The standard InChI is InChI=1S/C10H14N4/c1-10(2,3)7-4-6-8(11)12-5-13-9(6)14-7/h4-5H,1-3H3,(H3,11,12,13,14). The zero-order valence-corrected chi connectivity index (χ0v) is 8.63. The van der Waals surface area contributed by atoms with Crippen LogP contribution in [0.1, 0.15) is 26.5 Å². The first-order valence-corrected chi connectivity index (χ1v) is 4.58. The normalized spacial score (nSPS) is 12.2. The van der Waals surface area contributed by atoms with Crippen LogP contribution in [0.5, 0.6) is 0 Å². The third-order valence-electron chi connectivity index (χ3n) is 2.26. The van der Waals surface area contributed by atoms with Crippen LogP contribution in [0, 0.1) is 0 Å². The van der Waals surface area contributed by atoms with Crippen molar-refractivity contribution in [2.45, 2.75) is 26.2 Å². The van der Waals surface area contributed by atoms with Gasteiger partial charge in [-0.15, -0.1) is 0 Å². The third-order valence-corrected chi connectivity index (χ3v) is 2.26. The Balaban J connectivity index is 2.69. The van der Waals surface area contributed by atoms with Crippen LogP contribution in [0.2, 0.25) is 0 Å². The summed E-state index contributed by atoms with van der Waals surface area (Å²) in [6, 6.07) is 2.02. The van der Waals surface area contributed by atoms with E-state index in [0.717, 1.165) is 16.7 Å². The summed E-state index contributed by atoms with van der Waals surface area (Å²) in [6.07, 6.45) is 1.47. The fourth-order valence-corrected chi connectivity index (χ4v) is 1.36. The Hall–Kier alpha value is -1.58. The van der Waals surface area contributed by atoms with Crippen molar-refractivity contribution in [1.29, 1.82) is 0 Å². The van der Waals surface area contributed by atoms with Crippen molar-refractivity contribution in [1.82, 2.24) is 15.0 Å². The number of H-pyrrole nitrogens is 1. The first-order chi connectivity index (χ1) is 6.48. The monoisotopic (exact) mass is 190 g/mol. The van der Waals surface area contributed by atoms with Crippen LogP contribution in [0.25, 0.3) is 11.0 Å². The molecule has 2 aromatic rings. The number of fused-ring (bicyclic) bond motifs is 1. The number of hydrogen-bond donors (Lipinski definition) is 2. The summed E-state index contributed by atoms with van der Waals surface area (Å²) in [5, 5.41) is 0.900. The molecule has 74 valence electrons. The minimum atomic E-state index is 0.0765. The van der Waals surface area contributed by atoms with Crippen molar-refractivity contribution >= 4 is 16.9 Å². The highest BCUT2D eigenvalue weighted by Crippen LogP contribution is 2.26. The third kappa shape index (κ3) is 1.32. The van der Waals surface area contributed by atoms with Crippen LogP contribution in [-0.4, -0.2) is 15.0 Å². The van der Waals surface area contributed by atoms with E-state index in [-0.39, 0.29) is 5.41 Å². The number of nitrogen functional groups attached to an aromatic ring is 1. The molecule has 0 aliphatic heterocycles. The second kappa shape index (κ2) is 2.70. The lowest BCUT2D eigenvalue weighted by atomic mass is 9.92. The average molecular weight is 190 g/mol. The zero-order valence-electron chi connectivity index (χ0n) is 8.63. The zero-order chi connectivity index (χ0) is 10.3. The molecule has 14 heavy (non-hydrogen) atoms. The van der Waals surface area contributed by atoms with E-state index < -0.39 is 0 Å². The van der Waals surface area contributed by atoms with E-state index in [4.69, 9.17) is 5.73 Å². The molecule has 0 spiro atoms. The van der Waals surface area contributed by atoms with Crippen LogP contribution < -0.4 is 5.73 Å². The molecule has 0 saturated carbocycles. The van der Waals surface area contributed by atoms with E-state index in [1.165, 1.54) is 6.33 Å². The van der Waals surface area contributed by atoms with Gasteiger partial charge in [-0.3, -0.25) is 0 Å². The number of nitrogens with two attached hydrogens (primary N) is 1. The lowest BCUT2D eigenvalue weighted by Gasteiger charge is -2.15. The molecule has 0 aromatic carbocycles. The topological polar surface area (TPSA) is 67.6 Å². The molecule has 0 aliphatic carbocycles. The van der Waals surface area contributed by atoms with Crippen LogP contribution in [0.3, 0.4) is 0 Å². The molecule has 2 heterocycles. The number of anilines is 1. The lowest BCUT2D eigenvalue weighted by molar-refractivity contribution is 0.574. The average Bonchev–Trinajstić information content (AvgIpc) is 2.48. The van der Waals surface area contributed by atoms with Crippen LogP contribution in [0.15, 0.2) is 12.4 Å². The Morgan fingerprint density at radius 3 is 2.57 bits per heavy atom. The highest BCUT2D eigenvalue weighted by atomic mass is 15.0. The number of nitrogens with one attached hydrogen (secondary N) is 1. The SMILES string of the molecule is CC(C)(C)c1cc2c(N)ncnc2[nH]1. The van der Waals surface area contributed by atoms with Gasteiger partial charge < -0.3 is 10.7 Å². The number of nitrogens with zero attached hydrogens (tertiary/aromatic N) is 2. The predicted octanol–water partition coefficient (Wildman–Crippen LogP) is 1.84. The van der Waals surface area contributed by atoms with Gasteiger partial charge in [-0.05, 0) is 6.07 Å². The van der Waals surface area contributed by atoms with Crippen molar-refractivity contribution < 1.29 is 0 Å². The van der Waals surface area contributed by atoms with Gasteiger partial charge in [0.15, 0.2) is 0 Å². The quantitative estimate of drug-likeness (QED) is 0.666. The Morgan fingerprint density at radius 1 is 1.29 bits per heavy atom. The number of hydrogen-bond acceptors (Lipinski definition) is 3. The first-order valence-electron chi connectivity index (χ1n) is 4.58. The fraction of sp³-hybridized carbons (Fsp3) is 0.400. The van der Waals surface area contributed by atoms with Crippen molar-refractivity contribution in [2.75, 3.05) is 5.73 Å². The summed E-state index contributed by atoms with van der Waals surface area (Å²) in [5.74, 6) is 0.529. The largest absolute Gasteiger partial charge is 0.383 e. The Kier molecular flexibility index (Phi) is 1.74. The summed E-state index contributed by atoms with van der Waals surface area (Å²) >= 11 is 0. The van der Waals surface area contributed by atoms with E-state index >= 15 is 0 Å². The molecule has 4 nitrogen and oxygen atoms in total. The molecule has 0 radical (unpaired) electrons. The second-order valence-corrected chi connectivity index (χ2v) is 4.45. The highest BCUT2D eigenvalue weighted by molar-refractivity contribution is 5.86. The smallest absolute Gasteiger partial charge is 0.143 e. The molecule has 4 heteroatoms. The minimum Gasteiger partial charge on any atom is -0.383 e. The first kappa shape index (κ1) is 8.99. The van der Waals surface area contributed by atoms with Gasteiger partial charge in [-0.2, -0.15) is 0 Å². The summed E-state index contributed by atoms with van der Waals surface area (Å²) < 4.78 is 0. The minimum absolute atomic E-state index is 0.0765. The van der Waals surface area contributed by atoms with Gasteiger partial charge in [0.1, 0.15) is 17.8 Å².